The fourth-order valence-corrected chi connectivity index (χ4v) is 4.86. The van der Waals surface area contributed by atoms with Crippen LogP contribution in [-0.4, -0.2) is 32.3 Å². The Labute approximate surface area is 223 Å². The highest BCUT2D eigenvalue weighted by atomic mass is 19.4. The van der Waals surface area contributed by atoms with E-state index in [1.54, 1.807) is 60.7 Å². The lowest BCUT2D eigenvalue weighted by Crippen LogP contribution is -2.30. The number of carbonyl (C=O) groups is 1. The van der Waals surface area contributed by atoms with Gasteiger partial charge >= 0.3 is 12.1 Å². The molecule has 200 valence electrons. The number of phenolic OH excluding ortho intramolecular Hbond substituents is 1. The zero-order valence-corrected chi connectivity index (χ0v) is 21.3. The summed E-state index contributed by atoms with van der Waals surface area (Å²) in [5, 5.41) is 14.2. The molecule has 1 unspecified atom stereocenters. The summed E-state index contributed by atoms with van der Waals surface area (Å²) in [7, 11) is 5.13. The van der Waals surface area contributed by atoms with Crippen molar-refractivity contribution in [1.82, 2.24) is 0 Å². The standard InChI is InChI=1S/C30H25F3N2O4/c1-35(2)21-12-13-24(26(36)17-21)29(23-10-5-4-9-22(23)28(37)39-29)25-16-20(11-14-27(25)38-3)34-19-8-6-7-18(15-19)30(31,32)33/h4-17,34,36H,1-3H3. The molecule has 0 radical (unpaired) electrons. The van der Waals surface area contributed by atoms with Crippen molar-refractivity contribution in [1.29, 1.82) is 0 Å². The van der Waals surface area contributed by atoms with Gasteiger partial charge in [-0.2, -0.15) is 13.2 Å². The molecule has 0 saturated heterocycles. The van der Waals surface area contributed by atoms with Crippen molar-refractivity contribution >= 4 is 23.0 Å². The van der Waals surface area contributed by atoms with Gasteiger partial charge < -0.3 is 24.8 Å². The summed E-state index contributed by atoms with van der Waals surface area (Å²) < 4.78 is 51.6. The molecule has 1 heterocycles. The number of alkyl halides is 3. The van der Waals surface area contributed by atoms with Crippen LogP contribution < -0.4 is 15.0 Å². The lowest BCUT2D eigenvalue weighted by atomic mass is 9.78. The predicted molar refractivity (Wildman–Crippen MR) is 142 cm³/mol. The number of nitrogens with one attached hydrogen (secondary N) is 1. The number of hydrogen-bond acceptors (Lipinski definition) is 6. The van der Waals surface area contributed by atoms with Crippen LogP contribution in [0, 0.1) is 0 Å². The number of fused-ring (bicyclic) bond motifs is 1. The largest absolute Gasteiger partial charge is 0.507 e. The van der Waals surface area contributed by atoms with Gasteiger partial charge in [0.25, 0.3) is 0 Å². The molecule has 0 bridgehead atoms. The smallest absolute Gasteiger partial charge is 0.416 e. The van der Waals surface area contributed by atoms with Gasteiger partial charge in [-0.1, -0.05) is 24.3 Å². The van der Waals surface area contributed by atoms with Gasteiger partial charge in [-0.05, 0) is 54.6 Å². The van der Waals surface area contributed by atoms with Crippen molar-refractivity contribution < 1.29 is 32.5 Å². The summed E-state index contributed by atoms with van der Waals surface area (Å²) in [6.45, 7) is 0. The van der Waals surface area contributed by atoms with E-state index in [-0.39, 0.29) is 11.4 Å². The van der Waals surface area contributed by atoms with E-state index in [2.05, 4.69) is 5.32 Å². The molecular formula is C30H25F3N2O4. The van der Waals surface area contributed by atoms with Crippen molar-refractivity contribution in [2.75, 3.05) is 31.4 Å². The molecule has 4 aromatic carbocycles. The minimum absolute atomic E-state index is 0.107. The zero-order chi connectivity index (χ0) is 27.9. The monoisotopic (exact) mass is 534 g/mol. The van der Waals surface area contributed by atoms with Crippen LogP contribution in [0.3, 0.4) is 0 Å². The third-order valence-electron chi connectivity index (χ3n) is 6.71. The molecular weight excluding hydrogens is 509 g/mol. The van der Waals surface area contributed by atoms with Crippen LogP contribution in [0.25, 0.3) is 0 Å². The number of ether oxygens (including phenoxy) is 2. The van der Waals surface area contributed by atoms with Gasteiger partial charge in [0, 0.05) is 53.9 Å². The second-order valence-corrected chi connectivity index (χ2v) is 9.33. The molecule has 6 nitrogen and oxygen atoms in total. The number of rotatable bonds is 6. The lowest BCUT2D eigenvalue weighted by Gasteiger charge is -2.32. The number of cyclic esters (lactones) is 1. The van der Waals surface area contributed by atoms with Crippen molar-refractivity contribution in [3.8, 4) is 11.5 Å². The minimum atomic E-state index is -4.50. The third kappa shape index (κ3) is 4.50. The van der Waals surface area contributed by atoms with Crippen LogP contribution in [0.2, 0.25) is 0 Å². The summed E-state index contributed by atoms with van der Waals surface area (Å²) in [6, 6.07) is 21.7. The number of carbonyl (C=O) groups excluding carboxylic acids is 1. The van der Waals surface area contributed by atoms with Gasteiger partial charge in [-0.3, -0.25) is 0 Å². The quantitative estimate of drug-likeness (QED) is 0.269. The highest BCUT2D eigenvalue weighted by molar-refractivity contribution is 5.97. The first-order valence-electron chi connectivity index (χ1n) is 12.0. The maximum atomic E-state index is 13.3. The fourth-order valence-electron chi connectivity index (χ4n) is 4.86. The fraction of sp³-hybridized carbons (Fsp3) is 0.167. The zero-order valence-electron chi connectivity index (χ0n) is 21.3. The summed E-state index contributed by atoms with van der Waals surface area (Å²) in [4.78, 5) is 15.0. The van der Waals surface area contributed by atoms with Crippen molar-refractivity contribution in [2.45, 2.75) is 11.8 Å². The first kappa shape index (κ1) is 26.0. The Bertz CT molecular complexity index is 1570. The third-order valence-corrected chi connectivity index (χ3v) is 6.71. The first-order chi connectivity index (χ1) is 18.5. The van der Waals surface area contributed by atoms with E-state index in [0.717, 1.165) is 17.8 Å². The normalized spacial score (nSPS) is 16.4. The molecule has 0 fully saturated rings. The van der Waals surface area contributed by atoms with Crippen LogP contribution in [0.1, 0.15) is 32.6 Å². The number of aromatic hydroxyl groups is 1. The Hall–Kier alpha value is -4.66. The van der Waals surface area contributed by atoms with E-state index in [4.69, 9.17) is 9.47 Å². The Kier molecular flexibility index (Phi) is 6.38. The van der Waals surface area contributed by atoms with E-state index < -0.39 is 23.3 Å². The number of benzene rings is 4. The van der Waals surface area contributed by atoms with Crippen LogP contribution >= 0.6 is 0 Å². The average molecular weight is 535 g/mol. The van der Waals surface area contributed by atoms with Gasteiger partial charge in [0.1, 0.15) is 11.5 Å². The average Bonchev–Trinajstić information content (AvgIpc) is 3.21. The number of phenols is 1. The number of anilines is 3. The van der Waals surface area contributed by atoms with Crippen molar-refractivity contribution in [3.05, 3.63) is 113 Å². The molecule has 1 aliphatic rings. The SMILES string of the molecule is COc1ccc(Nc2cccc(C(F)(F)F)c2)cc1C1(c2ccc(N(C)C)cc2O)OC(=O)c2ccccc21. The molecule has 4 aromatic rings. The van der Waals surface area contributed by atoms with Crippen LogP contribution in [0.15, 0.2) is 84.9 Å². The molecule has 0 saturated carbocycles. The van der Waals surface area contributed by atoms with Gasteiger partial charge in [0.2, 0.25) is 0 Å². The first-order valence-corrected chi connectivity index (χ1v) is 12.0. The summed E-state index contributed by atoms with van der Waals surface area (Å²) >= 11 is 0. The van der Waals surface area contributed by atoms with E-state index in [0.29, 0.717) is 33.7 Å². The molecule has 1 aliphatic heterocycles. The van der Waals surface area contributed by atoms with Crippen LogP contribution in [0.4, 0.5) is 30.2 Å². The molecule has 0 spiro atoms. The number of nitrogens with zero attached hydrogens (tertiary/aromatic N) is 1. The maximum Gasteiger partial charge on any atom is 0.416 e. The Morgan fingerprint density at radius 1 is 0.872 bits per heavy atom. The van der Waals surface area contributed by atoms with Gasteiger partial charge in [0.05, 0.1) is 18.2 Å². The highest BCUT2D eigenvalue weighted by Crippen LogP contribution is 2.53. The molecule has 2 N–H and O–H groups in total. The van der Waals surface area contributed by atoms with E-state index >= 15 is 0 Å². The number of esters is 1. The van der Waals surface area contributed by atoms with Crippen LogP contribution in [-0.2, 0) is 16.5 Å². The van der Waals surface area contributed by atoms with Crippen molar-refractivity contribution in [2.24, 2.45) is 0 Å². The molecule has 5 rings (SSSR count). The molecule has 9 heteroatoms. The van der Waals surface area contributed by atoms with Crippen molar-refractivity contribution in [3.63, 3.8) is 0 Å². The predicted octanol–water partition coefficient (Wildman–Crippen LogP) is 6.69. The Morgan fingerprint density at radius 2 is 1.62 bits per heavy atom. The van der Waals surface area contributed by atoms with E-state index in [9.17, 15) is 23.1 Å². The van der Waals surface area contributed by atoms with Gasteiger partial charge in [-0.15, -0.1) is 0 Å². The number of methoxy groups -OCH3 is 1. The molecule has 0 aliphatic carbocycles. The topological polar surface area (TPSA) is 71.0 Å². The summed E-state index contributed by atoms with van der Waals surface area (Å²) in [5.41, 5.74) is 0.502. The Morgan fingerprint density at radius 3 is 2.31 bits per heavy atom. The molecule has 0 amide bonds. The second kappa shape index (κ2) is 9.58. The maximum absolute atomic E-state index is 13.3. The van der Waals surface area contributed by atoms with Gasteiger partial charge in [-0.25, -0.2) is 4.79 Å². The van der Waals surface area contributed by atoms with E-state index in [1.807, 2.05) is 19.0 Å². The number of hydrogen-bond donors (Lipinski definition) is 2. The minimum Gasteiger partial charge on any atom is -0.507 e. The Balaban J connectivity index is 1.72. The lowest BCUT2D eigenvalue weighted by molar-refractivity contribution is -0.137. The molecule has 39 heavy (non-hydrogen) atoms. The number of halogens is 3. The van der Waals surface area contributed by atoms with Gasteiger partial charge in [0.15, 0.2) is 5.60 Å². The molecule has 0 aromatic heterocycles. The van der Waals surface area contributed by atoms with E-state index in [1.165, 1.54) is 19.2 Å². The summed E-state index contributed by atoms with van der Waals surface area (Å²) in [6.07, 6.45) is -4.50. The summed E-state index contributed by atoms with van der Waals surface area (Å²) in [5.74, 6) is -0.339. The van der Waals surface area contributed by atoms with Crippen LogP contribution in [0.5, 0.6) is 11.5 Å². The second-order valence-electron chi connectivity index (χ2n) is 9.33. The highest BCUT2D eigenvalue weighted by Gasteiger charge is 2.51. The molecule has 1 atom stereocenters.